The number of ether oxygens (including phenoxy) is 5. The normalized spacial score (nSPS) is 21.8. The zero-order chi connectivity index (χ0) is 31.9. The van der Waals surface area contributed by atoms with Crippen LogP contribution in [0.1, 0.15) is 73.6 Å². The highest BCUT2D eigenvalue weighted by Gasteiger charge is 2.51. The van der Waals surface area contributed by atoms with Crippen molar-refractivity contribution >= 4 is 47.6 Å². The van der Waals surface area contributed by atoms with Crippen molar-refractivity contribution in [2.24, 2.45) is 0 Å². The average Bonchev–Trinajstić information content (AvgIpc) is 2.85. The van der Waals surface area contributed by atoms with E-state index in [0.717, 1.165) is 26.2 Å². The summed E-state index contributed by atoms with van der Waals surface area (Å²) in [5.41, 5.74) is -1.40. The van der Waals surface area contributed by atoms with Gasteiger partial charge in [0.2, 0.25) is 11.8 Å². The molecular formula is C27H45N3O11S. The molecular weight excluding hydrogens is 574 g/mol. The molecule has 0 bridgehead atoms. The molecule has 0 spiro atoms. The number of esters is 3. The predicted molar refractivity (Wildman–Crippen MR) is 152 cm³/mol. The van der Waals surface area contributed by atoms with Gasteiger partial charge in [0.15, 0.2) is 12.2 Å². The van der Waals surface area contributed by atoms with Gasteiger partial charge in [-0.05, 0) is 40.0 Å². The number of amides is 3. The van der Waals surface area contributed by atoms with Crippen molar-refractivity contribution in [1.82, 2.24) is 16.0 Å². The van der Waals surface area contributed by atoms with Crippen LogP contribution >= 0.6 is 11.8 Å². The van der Waals surface area contributed by atoms with Crippen molar-refractivity contribution in [2.45, 2.75) is 109 Å². The summed E-state index contributed by atoms with van der Waals surface area (Å²) >= 11 is 1.19. The van der Waals surface area contributed by atoms with Gasteiger partial charge in [-0.1, -0.05) is 0 Å². The molecule has 0 unspecified atom stereocenters. The number of thioether (sulfide) groups is 1. The number of hydrogen-bond donors (Lipinski definition) is 3. The van der Waals surface area contributed by atoms with Crippen molar-refractivity contribution in [2.75, 3.05) is 26.0 Å². The Balaban J connectivity index is 2.69. The summed E-state index contributed by atoms with van der Waals surface area (Å²) in [7, 11) is 1.20. The van der Waals surface area contributed by atoms with Crippen LogP contribution in [0.4, 0.5) is 4.79 Å². The Bertz CT molecular complexity index is 941. The van der Waals surface area contributed by atoms with Gasteiger partial charge < -0.3 is 39.6 Å². The monoisotopic (exact) mass is 619 g/mol. The molecule has 1 saturated heterocycles. The van der Waals surface area contributed by atoms with E-state index in [-0.39, 0.29) is 24.5 Å². The third-order valence-electron chi connectivity index (χ3n) is 5.67. The number of rotatable bonds is 15. The van der Waals surface area contributed by atoms with Gasteiger partial charge in [-0.3, -0.25) is 24.0 Å². The fourth-order valence-electron chi connectivity index (χ4n) is 4.03. The SMILES string of the molecule is COC(=O)C[C@H]1O[C@@H](SCCC(=O)NCCCCCNC(=O)OC(C)(C)C)[C@H](NC(C)=O)[C@@H](OC(C)=O)[C@@H]1OC(C)=O. The number of carbonyl (C=O) groups is 6. The molecule has 5 atom stereocenters. The van der Waals surface area contributed by atoms with Gasteiger partial charge in [0.05, 0.1) is 13.5 Å². The molecule has 1 heterocycles. The molecule has 0 saturated carbocycles. The van der Waals surface area contributed by atoms with E-state index in [0.29, 0.717) is 13.1 Å². The zero-order valence-corrected chi connectivity index (χ0v) is 26.3. The number of carbonyl (C=O) groups excluding carboxylic acids is 6. The minimum Gasteiger partial charge on any atom is -0.469 e. The first kappa shape index (κ1) is 37.0. The highest BCUT2D eigenvalue weighted by molar-refractivity contribution is 7.99. The van der Waals surface area contributed by atoms with Gasteiger partial charge >= 0.3 is 24.0 Å². The van der Waals surface area contributed by atoms with Crippen LogP contribution in [0.3, 0.4) is 0 Å². The van der Waals surface area contributed by atoms with Gasteiger partial charge in [-0.25, -0.2) is 4.79 Å². The molecule has 3 amide bonds. The van der Waals surface area contributed by atoms with Crippen molar-refractivity contribution in [3.63, 3.8) is 0 Å². The minimum atomic E-state index is -1.19. The second-order valence-electron chi connectivity index (χ2n) is 10.7. The van der Waals surface area contributed by atoms with Crippen LogP contribution in [0.25, 0.3) is 0 Å². The molecule has 1 rings (SSSR count). The Morgan fingerprint density at radius 2 is 1.45 bits per heavy atom. The van der Waals surface area contributed by atoms with E-state index in [9.17, 15) is 28.8 Å². The maximum absolute atomic E-state index is 12.4. The molecule has 14 nitrogen and oxygen atoms in total. The number of unbranched alkanes of at least 4 members (excludes halogenated alkanes) is 2. The summed E-state index contributed by atoms with van der Waals surface area (Å²) in [6, 6.07) is -0.938. The summed E-state index contributed by atoms with van der Waals surface area (Å²) in [6.45, 7) is 9.91. The smallest absolute Gasteiger partial charge is 0.407 e. The van der Waals surface area contributed by atoms with Crippen molar-refractivity contribution in [3.8, 4) is 0 Å². The van der Waals surface area contributed by atoms with Crippen molar-refractivity contribution in [1.29, 1.82) is 0 Å². The quantitative estimate of drug-likeness (QED) is 0.137. The molecule has 42 heavy (non-hydrogen) atoms. The van der Waals surface area contributed by atoms with Gasteiger partial charge in [0, 0.05) is 46.0 Å². The Morgan fingerprint density at radius 3 is 2.00 bits per heavy atom. The lowest BCUT2D eigenvalue weighted by Gasteiger charge is -2.45. The number of methoxy groups -OCH3 is 1. The van der Waals surface area contributed by atoms with Crippen molar-refractivity contribution in [3.05, 3.63) is 0 Å². The van der Waals surface area contributed by atoms with Crippen LogP contribution in [-0.4, -0.2) is 97.2 Å². The van der Waals surface area contributed by atoms with E-state index in [1.54, 1.807) is 20.8 Å². The predicted octanol–water partition coefficient (Wildman–Crippen LogP) is 1.58. The second-order valence-corrected chi connectivity index (χ2v) is 11.9. The Labute approximate surface area is 251 Å². The van der Waals surface area contributed by atoms with E-state index in [4.69, 9.17) is 23.7 Å². The van der Waals surface area contributed by atoms with Gasteiger partial charge in [0.25, 0.3) is 0 Å². The topological polar surface area (TPSA) is 185 Å². The van der Waals surface area contributed by atoms with Crippen LogP contribution in [0, 0.1) is 0 Å². The summed E-state index contributed by atoms with van der Waals surface area (Å²) in [6.07, 6.45) is -1.77. The van der Waals surface area contributed by atoms with Crippen LogP contribution < -0.4 is 16.0 Å². The third-order valence-corrected chi connectivity index (χ3v) is 6.84. The Kier molecular flexibility index (Phi) is 16.2. The molecule has 0 aromatic heterocycles. The average molecular weight is 620 g/mol. The first-order valence-electron chi connectivity index (χ1n) is 13.8. The van der Waals surface area contributed by atoms with E-state index < -0.39 is 65.3 Å². The molecule has 3 N–H and O–H groups in total. The Morgan fingerprint density at radius 1 is 0.857 bits per heavy atom. The van der Waals surface area contributed by atoms with E-state index >= 15 is 0 Å². The van der Waals surface area contributed by atoms with Gasteiger partial charge in [-0.2, -0.15) is 0 Å². The largest absolute Gasteiger partial charge is 0.469 e. The number of hydrogen-bond acceptors (Lipinski definition) is 12. The minimum absolute atomic E-state index is 0.130. The molecule has 1 fully saturated rings. The Hall–Kier alpha value is -3.07. The zero-order valence-electron chi connectivity index (χ0n) is 25.4. The molecule has 15 heteroatoms. The van der Waals surface area contributed by atoms with Crippen LogP contribution in [0.5, 0.6) is 0 Å². The summed E-state index contributed by atoms with van der Waals surface area (Å²) in [5.74, 6) is -2.38. The molecule has 0 aromatic rings. The first-order valence-corrected chi connectivity index (χ1v) is 14.9. The molecule has 0 aromatic carbocycles. The van der Waals surface area contributed by atoms with Crippen LogP contribution in [0.2, 0.25) is 0 Å². The summed E-state index contributed by atoms with van der Waals surface area (Å²) in [4.78, 5) is 71.9. The fraction of sp³-hybridized carbons (Fsp3) is 0.778. The van der Waals surface area contributed by atoms with Gasteiger partial charge in [-0.15, -0.1) is 11.8 Å². The molecule has 1 aliphatic heterocycles. The maximum atomic E-state index is 12.4. The lowest BCUT2D eigenvalue weighted by Crippen LogP contribution is -2.64. The summed E-state index contributed by atoms with van der Waals surface area (Å²) in [5, 5.41) is 8.21. The molecule has 1 aliphatic rings. The lowest BCUT2D eigenvalue weighted by atomic mass is 9.95. The van der Waals surface area contributed by atoms with Gasteiger partial charge in [0.1, 0.15) is 23.2 Å². The highest BCUT2D eigenvalue weighted by atomic mass is 32.2. The molecule has 0 aliphatic carbocycles. The highest BCUT2D eigenvalue weighted by Crippen LogP contribution is 2.34. The number of alkyl carbamates (subject to hydrolysis) is 1. The van der Waals surface area contributed by atoms with Crippen LogP contribution in [0.15, 0.2) is 0 Å². The standard InChI is InChI=1S/C27H45N3O11S/c1-16(31)30-22-24(39-18(3)33)23(38-17(2)32)19(15-21(35)37-7)40-25(22)42-14-11-20(34)28-12-9-8-10-13-29-26(36)41-27(4,5)6/h19,22-25H,8-15H2,1-7H3,(H,28,34)(H,29,36)(H,30,31)/t19-,22-,23-,24-,25+/m1/s1. The van der Waals surface area contributed by atoms with E-state index in [1.165, 1.54) is 32.7 Å². The molecule has 240 valence electrons. The van der Waals surface area contributed by atoms with Crippen molar-refractivity contribution < 1.29 is 52.5 Å². The van der Waals surface area contributed by atoms with E-state index in [2.05, 4.69) is 16.0 Å². The lowest BCUT2D eigenvalue weighted by molar-refractivity contribution is -0.207. The first-order chi connectivity index (χ1) is 19.6. The summed E-state index contributed by atoms with van der Waals surface area (Å²) < 4.78 is 26.8. The third kappa shape index (κ3) is 15.2. The van der Waals surface area contributed by atoms with Crippen LogP contribution in [-0.2, 0) is 47.7 Å². The fourth-order valence-corrected chi connectivity index (χ4v) is 5.21. The number of nitrogens with one attached hydrogen (secondary N) is 3. The van der Waals surface area contributed by atoms with E-state index in [1.807, 2.05) is 0 Å². The maximum Gasteiger partial charge on any atom is 0.407 e. The molecule has 0 radical (unpaired) electrons. The second kappa shape index (κ2) is 18.5.